The van der Waals surface area contributed by atoms with E-state index in [1.165, 1.54) is 31.8 Å². The van der Waals surface area contributed by atoms with E-state index in [1.807, 2.05) is 0 Å². The third-order valence-corrected chi connectivity index (χ3v) is 3.60. The van der Waals surface area contributed by atoms with Crippen molar-refractivity contribution in [2.45, 2.75) is 91.1 Å². The summed E-state index contributed by atoms with van der Waals surface area (Å²) < 4.78 is 10.4. The average molecular weight is 326 g/mol. The summed E-state index contributed by atoms with van der Waals surface area (Å²) in [4.78, 5) is 23.2. The van der Waals surface area contributed by atoms with E-state index in [0.717, 1.165) is 44.6 Å². The Morgan fingerprint density at radius 2 is 1.35 bits per heavy atom. The van der Waals surface area contributed by atoms with Crippen molar-refractivity contribution in [1.29, 1.82) is 0 Å². The molecule has 0 fully saturated rings. The minimum atomic E-state index is -0.474. The molecule has 0 saturated heterocycles. The maximum atomic E-state index is 11.7. The Morgan fingerprint density at radius 1 is 0.783 bits per heavy atom. The molecule has 0 aliphatic heterocycles. The first kappa shape index (κ1) is 21.7. The van der Waals surface area contributed by atoms with E-state index in [1.54, 1.807) is 0 Å². The number of rotatable bonds is 14. The highest BCUT2D eigenvalue weighted by atomic mass is 16.5. The fraction of sp³-hybridized carbons (Fsp3) is 0.789. The smallest absolute Gasteiger partial charge is 0.331 e. The molecule has 0 radical (unpaired) electrons. The van der Waals surface area contributed by atoms with Crippen LogP contribution in [0, 0.1) is 0 Å². The first-order valence-corrected chi connectivity index (χ1v) is 9.19. The molecule has 0 aromatic rings. The molecule has 0 aromatic carbocycles. The fourth-order valence-electron chi connectivity index (χ4n) is 2.35. The Morgan fingerprint density at radius 3 is 1.96 bits per heavy atom. The Bertz CT molecular complexity index is 330. The molecule has 0 unspecified atom stereocenters. The molecule has 23 heavy (non-hydrogen) atoms. The van der Waals surface area contributed by atoms with E-state index >= 15 is 0 Å². The molecular weight excluding hydrogens is 292 g/mol. The van der Waals surface area contributed by atoms with Gasteiger partial charge in [-0.1, -0.05) is 65.7 Å². The Balaban J connectivity index is 3.82. The lowest BCUT2D eigenvalue weighted by molar-refractivity contribution is -0.144. The second-order valence-corrected chi connectivity index (χ2v) is 5.90. The predicted molar refractivity (Wildman–Crippen MR) is 93.2 cm³/mol. The van der Waals surface area contributed by atoms with Crippen molar-refractivity contribution in [2.24, 2.45) is 0 Å². The van der Waals surface area contributed by atoms with Gasteiger partial charge >= 0.3 is 11.9 Å². The Labute approximate surface area is 141 Å². The summed E-state index contributed by atoms with van der Waals surface area (Å²) >= 11 is 0. The van der Waals surface area contributed by atoms with Crippen molar-refractivity contribution in [1.82, 2.24) is 0 Å². The van der Waals surface area contributed by atoms with Crippen LogP contribution in [0.2, 0.25) is 0 Å². The van der Waals surface area contributed by atoms with E-state index in [-0.39, 0.29) is 6.10 Å². The molecule has 0 amide bonds. The van der Waals surface area contributed by atoms with Crippen LogP contribution in [0.25, 0.3) is 0 Å². The minimum Gasteiger partial charge on any atom is -0.463 e. The van der Waals surface area contributed by atoms with Crippen LogP contribution in [-0.4, -0.2) is 24.6 Å². The van der Waals surface area contributed by atoms with Crippen LogP contribution in [0.3, 0.4) is 0 Å². The van der Waals surface area contributed by atoms with Gasteiger partial charge in [-0.15, -0.1) is 0 Å². The predicted octanol–water partition coefficient (Wildman–Crippen LogP) is 4.96. The Kier molecular flexibility index (Phi) is 14.7. The molecular formula is C19H34O4. The van der Waals surface area contributed by atoms with Crippen molar-refractivity contribution in [3.05, 3.63) is 12.2 Å². The van der Waals surface area contributed by atoms with Crippen LogP contribution in [0.1, 0.15) is 85.0 Å². The largest absolute Gasteiger partial charge is 0.463 e. The third-order valence-electron chi connectivity index (χ3n) is 3.60. The summed E-state index contributed by atoms with van der Waals surface area (Å²) in [6, 6.07) is 0. The first-order chi connectivity index (χ1) is 11.1. The maximum absolute atomic E-state index is 11.7. The van der Waals surface area contributed by atoms with Crippen molar-refractivity contribution in [3.63, 3.8) is 0 Å². The van der Waals surface area contributed by atoms with Gasteiger partial charge in [0.05, 0.1) is 6.61 Å². The summed E-state index contributed by atoms with van der Waals surface area (Å²) in [7, 11) is 0. The highest BCUT2D eigenvalue weighted by molar-refractivity contribution is 5.91. The number of hydrogen-bond acceptors (Lipinski definition) is 4. The molecule has 134 valence electrons. The molecule has 0 aliphatic rings. The molecule has 0 atom stereocenters. The minimum absolute atomic E-state index is 0.0544. The summed E-state index contributed by atoms with van der Waals surface area (Å²) in [6.07, 6.45) is 12.8. The molecule has 0 N–H and O–H groups in total. The van der Waals surface area contributed by atoms with Crippen LogP contribution in [0.15, 0.2) is 12.2 Å². The van der Waals surface area contributed by atoms with E-state index in [0.29, 0.717) is 6.61 Å². The molecule has 4 heteroatoms. The molecule has 0 spiro atoms. The number of unbranched alkanes of at least 4 members (excludes halogenated alkanes) is 5. The van der Waals surface area contributed by atoms with E-state index in [4.69, 9.17) is 9.47 Å². The molecule has 0 bridgehead atoms. The summed E-state index contributed by atoms with van der Waals surface area (Å²) in [6.45, 7) is 6.72. The van der Waals surface area contributed by atoms with Gasteiger partial charge in [0.25, 0.3) is 0 Å². The molecule has 0 aromatic heterocycles. The zero-order chi connectivity index (χ0) is 17.3. The SMILES string of the molecule is CCCCCCCCOC(=O)/C=C/C(=O)OC(CCC)CCC. The van der Waals surface area contributed by atoms with Gasteiger partial charge in [-0.2, -0.15) is 0 Å². The second-order valence-electron chi connectivity index (χ2n) is 5.90. The summed E-state index contributed by atoms with van der Waals surface area (Å²) in [5.74, 6) is -0.938. The topological polar surface area (TPSA) is 52.6 Å². The van der Waals surface area contributed by atoms with E-state index in [9.17, 15) is 9.59 Å². The van der Waals surface area contributed by atoms with Gasteiger partial charge in [0, 0.05) is 12.2 Å². The maximum Gasteiger partial charge on any atom is 0.331 e. The average Bonchev–Trinajstić information content (AvgIpc) is 2.52. The fourth-order valence-corrected chi connectivity index (χ4v) is 2.35. The highest BCUT2D eigenvalue weighted by Gasteiger charge is 2.11. The highest BCUT2D eigenvalue weighted by Crippen LogP contribution is 2.10. The van der Waals surface area contributed by atoms with Gasteiger partial charge in [-0.25, -0.2) is 9.59 Å². The lowest BCUT2D eigenvalue weighted by Crippen LogP contribution is -2.16. The lowest BCUT2D eigenvalue weighted by Gasteiger charge is -2.14. The van der Waals surface area contributed by atoms with Gasteiger partial charge in [-0.05, 0) is 19.3 Å². The van der Waals surface area contributed by atoms with Crippen LogP contribution < -0.4 is 0 Å². The van der Waals surface area contributed by atoms with Crippen LogP contribution in [-0.2, 0) is 19.1 Å². The lowest BCUT2D eigenvalue weighted by atomic mass is 10.1. The van der Waals surface area contributed by atoms with Crippen LogP contribution in [0.4, 0.5) is 0 Å². The molecule has 4 nitrogen and oxygen atoms in total. The zero-order valence-corrected chi connectivity index (χ0v) is 15.1. The third kappa shape index (κ3) is 14.0. The van der Waals surface area contributed by atoms with Gasteiger partial charge < -0.3 is 9.47 Å². The molecule has 0 aliphatic carbocycles. The van der Waals surface area contributed by atoms with Gasteiger partial charge in [0.15, 0.2) is 0 Å². The normalized spacial score (nSPS) is 11.1. The van der Waals surface area contributed by atoms with Crippen LogP contribution >= 0.6 is 0 Å². The van der Waals surface area contributed by atoms with Crippen molar-refractivity contribution in [2.75, 3.05) is 6.61 Å². The number of esters is 2. The van der Waals surface area contributed by atoms with Crippen molar-refractivity contribution in [3.8, 4) is 0 Å². The quantitative estimate of drug-likeness (QED) is 0.257. The Hall–Kier alpha value is -1.32. The standard InChI is InChI=1S/C19H34O4/c1-4-7-8-9-10-11-16-22-18(20)14-15-19(21)23-17(12-5-2)13-6-3/h14-15,17H,4-13,16H2,1-3H3/b15-14+. The second kappa shape index (κ2) is 15.6. The first-order valence-electron chi connectivity index (χ1n) is 9.19. The zero-order valence-electron chi connectivity index (χ0n) is 15.1. The monoisotopic (exact) mass is 326 g/mol. The van der Waals surface area contributed by atoms with Crippen molar-refractivity contribution >= 4 is 11.9 Å². The molecule has 0 heterocycles. The van der Waals surface area contributed by atoms with Crippen molar-refractivity contribution < 1.29 is 19.1 Å². The summed E-state index contributed by atoms with van der Waals surface area (Å²) in [5, 5.41) is 0. The van der Waals surface area contributed by atoms with Gasteiger partial charge in [0.2, 0.25) is 0 Å². The van der Waals surface area contributed by atoms with E-state index in [2.05, 4.69) is 20.8 Å². The summed E-state index contributed by atoms with van der Waals surface area (Å²) in [5.41, 5.74) is 0. The number of carbonyl (C=O) groups is 2. The number of hydrogen-bond donors (Lipinski definition) is 0. The van der Waals surface area contributed by atoms with Crippen LogP contribution in [0.5, 0.6) is 0 Å². The molecule has 0 saturated carbocycles. The van der Waals surface area contributed by atoms with Gasteiger partial charge in [-0.3, -0.25) is 0 Å². The number of ether oxygens (including phenoxy) is 2. The van der Waals surface area contributed by atoms with E-state index < -0.39 is 11.9 Å². The van der Waals surface area contributed by atoms with Gasteiger partial charge in [0.1, 0.15) is 6.10 Å². The molecule has 0 rings (SSSR count). The number of carbonyl (C=O) groups excluding carboxylic acids is 2.